The molecule has 3 rings (SSSR count). The molecule has 0 aliphatic rings. The summed E-state index contributed by atoms with van der Waals surface area (Å²) >= 11 is 0.804. The zero-order valence-electron chi connectivity index (χ0n) is 13.6. The van der Waals surface area contributed by atoms with E-state index in [9.17, 15) is 13.2 Å². The van der Waals surface area contributed by atoms with Crippen molar-refractivity contribution in [3.05, 3.63) is 71.8 Å². The average molecular weight is 388 g/mol. The molecule has 0 fully saturated rings. The summed E-state index contributed by atoms with van der Waals surface area (Å²) in [6.07, 6.45) is 0.566. The van der Waals surface area contributed by atoms with Crippen molar-refractivity contribution < 1.29 is 13.2 Å². The fraction of sp³-hybridized carbons (Fsp3) is 0.118. The third-order valence-electron chi connectivity index (χ3n) is 3.44. The Hall–Kier alpha value is -2.62. The molecule has 0 spiro atoms. The Balaban J connectivity index is 1.60. The van der Waals surface area contributed by atoms with Crippen molar-refractivity contribution in [2.45, 2.75) is 10.8 Å². The fourth-order valence-corrected chi connectivity index (χ4v) is 4.13. The molecule has 3 aromatic rings. The Labute approximate surface area is 155 Å². The number of sulfonamides is 1. The number of amides is 1. The van der Waals surface area contributed by atoms with Gasteiger partial charge in [0.1, 0.15) is 0 Å². The maximum absolute atomic E-state index is 12.3. The van der Waals surface area contributed by atoms with Crippen LogP contribution >= 0.6 is 11.3 Å². The van der Waals surface area contributed by atoms with E-state index in [-0.39, 0.29) is 21.9 Å². The zero-order chi connectivity index (χ0) is 18.4. The van der Waals surface area contributed by atoms with Crippen LogP contribution in [-0.4, -0.2) is 31.1 Å². The van der Waals surface area contributed by atoms with Crippen LogP contribution in [0.15, 0.2) is 65.0 Å². The Morgan fingerprint density at radius 2 is 1.62 bits per heavy atom. The number of carbonyl (C=O) groups excluding carboxylic acids is 1. The Morgan fingerprint density at radius 1 is 0.962 bits per heavy atom. The van der Waals surface area contributed by atoms with E-state index in [1.807, 2.05) is 30.3 Å². The number of rotatable bonds is 7. The van der Waals surface area contributed by atoms with Crippen LogP contribution in [0.2, 0.25) is 0 Å². The largest absolute Gasteiger partial charge is 0.296 e. The van der Waals surface area contributed by atoms with Gasteiger partial charge in [0.2, 0.25) is 9.47 Å². The molecule has 0 radical (unpaired) electrons. The van der Waals surface area contributed by atoms with Gasteiger partial charge in [-0.1, -0.05) is 59.9 Å². The predicted octanol–water partition coefficient (Wildman–Crippen LogP) is 2.31. The monoisotopic (exact) mass is 388 g/mol. The highest BCUT2D eigenvalue weighted by Gasteiger charge is 2.20. The number of nitrogens with zero attached hydrogens (tertiary/aromatic N) is 2. The fourth-order valence-electron chi connectivity index (χ4n) is 2.16. The van der Waals surface area contributed by atoms with E-state index in [4.69, 9.17) is 0 Å². The van der Waals surface area contributed by atoms with Gasteiger partial charge in [0.05, 0.1) is 0 Å². The number of aromatic nitrogens is 2. The molecule has 1 amide bonds. The first kappa shape index (κ1) is 18.2. The molecule has 0 unspecified atom stereocenters. The van der Waals surface area contributed by atoms with Gasteiger partial charge >= 0.3 is 0 Å². The predicted molar refractivity (Wildman–Crippen MR) is 99.6 cm³/mol. The third-order valence-corrected chi connectivity index (χ3v) is 6.11. The number of hydrogen-bond donors (Lipinski definition) is 2. The number of benzene rings is 2. The topological polar surface area (TPSA) is 101 Å². The molecule has 2 aromatic carbocycles. The summed E-state index contributed by atoms with van der Waals surface area (Å²) in [6.45, 7) is 0.248. The van der Waals surface area contributed by atoms with E-state index in [1.165, 1.54) is 0 Å². The van der Waals surface area contributed by atoms with Crippen molar-refractivity contribution in [3.63, 3.8) is 0 Å². The second-order valence-corrected chi connectivity index (χ2v) is 8.24. The second-order valence-electron chi connectivity index (χ2n) is 5.33. The van der Waals surface area contributed by atoms with Crippen molar-refractivity contribution in [2.24, 2.45) is 0 Å². The first-order valence-electron chi connectivity index (χ1n) is 7.78. The summed E-state index contributed by atoms with van der Waals surface area (Å²) in [7, 11) is -3.77. The number of carbonyl (C=O) groups is 1. The highest BCUT2D eigenvalue weighted by atomic mass is 32.2. The van der Waals surface area contributed by atoms with E-state index in [2.05, 4.69) is 20.2 Å². The van der Waals surface area contributed by atoms with Crippen molar-refractivity contribution in [2.75, 3.05) is 11.9 Å². The van der Waals surface area contributed by atoms with Gasteiger partial charge < -0.3 is 0 Å². The molecular weight excluding hydrogens is 372 g/mol. The molecule has 1 heterocycles. The van der Waals surface area contributed by atoms with Crippen molar-refractivity contribution >= 4 is 32.4 Å². The minimum Gasteiger partial charge on any atom is -0.296 e. The SMILES string of the molecule is O=C(Nc1nnc(S(=O)(=O)NCCc2ccccc2)s1)c1ccccc1. The van der Waals surface area contributed by atoms with E-state index in [1.54, 1.807) is 30.3 Å². The lowest BCUT2D eigenvalue weighted by atomic mass is 10.2. The van der Waals surface area contributed by atoms with Gasteiger partial charge in [-0.3, -0.25) is 10.1 Å². The minimum absolute atomic E-state index is 0.127. The van der Waals surface area contributed by atoms with Gasteiger partial charge in [-0.15, -0.1) is 10.2 Å². The highest BCUT2D eigenvalue weighted by molar-refractivity contribution is 7.91. The Bertz CT molecular complexity index is 974. The van der Waals surface area contributed by atoms with Crippen molar-refractivity contribution in [1.29, 1.82) is 0 Å². The van der Waals surface area contributed by atoms with E-state index >= 15 is 0 Å². The van der Waals surface area contributed by atoms with Gasteiger partial charge in [-0.05, 0) is 24.1 Å². The summed E-state index contributed by atoms with van der Waals surface area (Å²) in [5.41, 5.74) is 1.48. The summed E-state index contributed by atoms with van der Waals surface area (Å²) in [4.78, 5) is 12.1. The lowest BCUT2D eigenvalue weighted by molar-refractivity contribution is 0.102. The smallest absolute Gasteiger partial charge is 0.269 e. The highest BCUT2D eigenvalue weighted by Crippen LogP contribution is 2.20. The lowest BCUT2D eigenvalue weighted by Gasteiger charge is -2.03. The Morgan fingerprint density at radius 3 is 2.31 bits per heavy atom. The molecule has 0 saturated carbocycles. The van der Waals surface area contributed by atoms with E-state index < -0.39 is 10.0 Å². The molecule has 0 saturated heterocycles. The molecule has 7 nitrogen and oxygen atoms in total. The molecular formula is C17H16N4O3S2. The third kappa shape index (κ3) is 4.72. The van der Waals surface area contributed by atoms with Crippen LogP contribution in [0.1, 0.15) is 15.9 Å². The average Bonchev–Trinajstić information content (AvgIpc) is 3.13. The summed E-state index contributed by atoms with van der Waals surface area (Å²) < 4.78 is 26.9. The van der Waals surface area contributed by atoms with Crippen molar-refractivity contribution in [3.8, 4) is 0 Å². The van der Waals surface area contributed by atoms with Gasteiger partial charge in [0, 0.05) is 12.1 Å². The van der Waals surface area contributed by atoms with E-state index in [0.717, 1.165) is 16.9 Å². The molecule has 2 N–H and O–H groups in total. The molecule has 9 heteroatoms. The zero-order valence-corrected chi connectivity index (χ0v) is 15.3. The van der Waals surface area contributed by atoms with Gasteiger partial charge in [-0.2, -0.15) is 0 Å². The normalized spacial score (nSPS) is 11.2. The molecule has 1 aromatic heterocycles. The van der Waals surface area contributed by atoms with Gasteiger partial charge in [0.25, 0.3) is 15.9 Å². The first-order valence-corrected chi connectivity index (χ1v) is 10.1. The molecule has 0 aliphatic heterocycles. The van der Waals surface area contributed by atoms with Crippen LogP contribution < -0.4 is 10.0 Å². The first-order chi connectivity index (χ1) is 12.5. The van der Waals surface area contributed by atoms with Crippen LogP contribution in [0.5, 0.6) is 0 Å². The molecule has 0 bridgehead atoms. The van der Waals surface area contributed by atoms with Gasteiger partial charge in [0.15, 0.2) is 0 Å². The quantitative estimate of drug-likeness (QED) is 0.605. The number of hydrogen-bond acceptors (Lipinski definition) is 6. The van der Waals surface area contributed by atoms with Crippen LogP contribution in [0.25, 0.3) is 0 Å². The standard InChI is InChI=1S/C17H16N4O3S2/c22-15(14-9-5-2-6-10-14)19-16-20-21-17(25-16)26(23,24)18-12-11-13-7-3-1-4-8-13/h1-10,18H,11-12H2,(H,19,20,22). The van der Waals surface area contributed by atoms with Gasteiger partial charge in [-0.25, -0.2) is 13.1 Å². The van der Waals surface area contributed by atoms with Crippen LogP contribution in [0.4, 0.5) is 5.13 Å². The lowest BCUT2D eigenvalue weighted by Crippen LogP contribution is -2.25. The maximum Gasteiger partial charge on any atom is 0.269 e. The van der Waals surface area contributed by atoms with E-state index in [0.29, 0.717) is 12.0 Å². The molecule has 26 heavy (non-hydrogen) atoms. The number of anilines is 1. The maximum atomic E-state index is 12.3. The summed E-state index contributed by atoms with van der Waals surface area (Å²) in [5, 5.41) is 10.1. The van der Waals surface area contributed by atoms with Crippen LogP contribution in [0, 0.1) is 0 Å². The summed E-state index contributed by atoms with van der Waals surface area (Å²) in [5.74, 6) is -0.372. The number of nitrogens with one attached hydrogen (secondary N) is 2. The van der Waals surface area contributed by atoms with Crippen LogP contribution in [-0.2, 0) is 16.4 Å². The molecule has 0 aliphatic carbocycles. The second kappa shape index (κ2) is 8.17. The summed E-state index contributed by atoms with van der Waals surface area (Å²) in [6, 6.07) is 18.1. The minimum atomic E-state index is -3.77. The van der Waals surface area contributed by atoms with Crippen molar-refractivity contribution in [1.82, 2.24) is 14.9 Å². The Kier molecular flexibility index (Phi) is 5.71. The van der Waals surface area contributed by atoms with Crippen LogP contribution in [0.3, 0.4) is 0 Å². The molecule has 0 atom stereocenters. The molecule has 134 valence electrons.